The molecule has 3 aromatic rings. The number of amides is 2. The number of anilines is 1. The smallest absolute Gasteiger partial charge is 0.265 e. The van der Waals surface area contributed by atoms with E-state index < -0.39 is 0 Å². The first-order valence-electron chi connectivity index (χ1n) is 8.56. The second-order valence-electron chi connectivity index (χ2n) is 5.93. The maximum absolute atomic E-state index is 12.9. The van der Waals surface area contributed by atoms with E-state index in [9.17, 15) is 9.59 Å². The Morgan fingerprint density at radius 2 is 1.85 bits per heavy atom. The minimum absolute atomic E-state index is 0.107. The molecule has 3 rings (SSSR count). The molecule has 0 bridgehead atoms. The lowest BCUT2D eigenvalue weighted by molar-refractivity contribution is 0.0752. The van der Waals surface area contributed by atoms with Crippen molar-refractivity contribution in [3.05, 3.63) is 87.1 Å². The molecule has 0 spiro atoms. The molecule has 6 heteroatoms. The van der Waals surface area contributed by atoms with Crippen LogP contribution in [0.3, 0.4) is 0 Å². The predicted molar refractivity (Wildman–Crippen MR) is 111 cm³/mol. The van der Waals surface area contributed by atoms with Crippen LogP contribution in [0.15, 0.2) is 66.0 Å². The molecular weight excluding hydrogens is 380 g/mol. The van der Waals surface area contributed by atoms with Gasteiger partial charge in [0.05, 0.1) is 15.6 Å². The lowest BCUT2D eigenvalue weighted by Gasteiger charge is -2.21. The SMILES string of the molecule is CCN(Cc1ccccc1)C(=O)c1ccc(Cl)c(NC(=O)c2cccs2)c1. The average molecular weight is 399 g/mol. The zero-order valence-electron chi connectivity index (χ0n) is 14.8. The minimum Gasteiger partial charge on any atom is -0.335 e. The highest BCUT2D eigenvalue weighted by Crippen LogP contribution is 2.25. The van der Waals surface area contributed by atoms with Crippen molar-refractivity contribution < 1.29 is 9.59 Å². The highest BCUT2D eigenvalue weighted by atomic mass is 35.5. The molecule has 0 aliphatic carbocycles. The van der Waals surface area contributed by atoms with Gasteiger partial charge >= 0.3 is 0 Å². The van der Waals surface area contributed by atoms with Crippen LogP contribution in [-0.2, 0) is 6.54 Å². The van der Waals surface area contributed by atoms with Gasteiger partial charge in [0, 0.05) is 18.7 Å². The van der Waals surface area contributed by atoms with Gasteiger partial charge in [-0.25, -0.2) is 0 Å². The van der Waals surface area contributed by atoms with Crippen LogP contribution < -0.4 is 5.32 Å². The van der Waals surface area contributed by atoms with Gasteiger partial charge in [-0.2, -0.15) is 0 Å². The van der Waals surface area contributed by atoms with Crippen LogP contribution in [0.5, 0.6) is 0 Å². The van der Waals surface area contributed by atoms with E-state index in [4.69, 9.17) is 11.6 Å². The van der Waals surface area contributed by atoms with Crippen LogP contribution in [0.25, 0.3) is 0 Å². The Balaban J connectivity index is 1.79. The molecule has 27 heavy (non-hydrogen) atoms. The van der Waals surface area contributed by atoms with Crippen molar-refractivity contribution in [1.29, 1.82) is 0 Å². The summed E-state index contributed by atoms with van der Waals surface area (Å²) in [6.07, 6.45) is 0. The Kier molecular flexibility index (Phi) is 6.27. The van der Waals surface area contributed by atoms with E-state index in [1.54, 1.807) is 29.2 Å². The fraction of sp³-hybridized carbons (Fsp3) is 0.143. The normalized spacial score (nSPS) is 10.4. The van der Waals surface area contributed by atoms with Crippen molar-refractivity contribution in [3.8, 4) is 0 Å². The monoisotopic (exact) mass is 398 g/mol. The maximum atomic E-state index is 12.9. The Labute approximate surface area is 167 Å². The number of nitrogens with one attached hydrogen (secondary N) is 1. The molecule has 2 aromatic carbocycles. The molecule has 0 atom stereocenters. The molecule has 1 heterocycles. The zero-order valence-corrected chi connectivity index (χ0v) is 16.4. The highest BCUT2D eigenvalue weighted by molar-refractivity contribution is 7.12. The van der Waals surface area contributed by atoms with E-state index in [2.05, 4.69) is 5.32 Å². The Bertz CT molecular complexity index is 927. The molecular formula is C21H19ClN2O2S. The van der Waals surface area contributed by atoms with Gasteiger partial charge in [-0.1, -0.05) is 48.0 Å². The third-order valence-corrected chi connectivity index (χ3v) is 5.29. The number of hydrogen-bond acceptors (Lipinski definition) is 3. The second-order valence-corrected chi connectivity index (χ2v) is 7.29. The van der Waals surface area contributed by atoms with Gasteiger partial charge in [0.25, 0.3) is 11.8 Å². The minimum atomic E-state index is -0.242. The molecule has 1 N–H and O–H groups in total. The largest absolute Gasteiger partial charge is 0.335 e. The van der Waals surface area contributed by atoms with Crippen LogP contribution in [-0.4, -0.2) is 23.3 Å². The van der Waals surface area contributed by atoms with Gasteiger partial charge in [0.15, 0.2) is 0 Å². The predicted octanol–water partition coefficient (Wildman–Crippen LogP) is 5.32. The van der Waals surface area contributed by atoms with Crippen LogP contribution in [0, 0.1) is 0 Å². The van der Waals surface area contributed by atoms with E-state index in [0.717, 1.165) is 5.56 Å². The van der Waals surface area contributed by atoms with Crippen LogP contribution in [0.2, 0.25) is 5.02 Å². The number of nitrogens with zero attached hydrogens (tertiary/aromatic N) is 1. The van der Waals surface area contributed by atoms with Gasteiger partial charge in [-0.15, -0.1) is 11.3 Å². The summed E-state index contributed by atoms with van der Waals surface area (Å²) in [6, 6.07) is 18.3. The molecule has 1 aromatic heterocycles. The molecule has 0 aliphatic rings. The summed E-state index contributed by atoms with van der Waals surface area (Å²) in [7, 11) is 0. The van der Waals surface area contributed by atoms with Crippen LogP contribution in [0.1, 0.15) is 32.5 Å². The molecule has 0 saturated carbocycles. The van der Waals surface area contributed by atoms with Crippen molar-refractivity contribution >= 4 is 40.4 Å². The zero-order chi connectivity index (χ0) is 19.2. The van der Waals surface area contributed by atoms with Crippen molar-refractivity contribution in [2.75, 3.05) is 11.9 Å². The Morgan fingerprint density at radius 1 is 1.07 bits per heavy atom. The first kappa shape index (κ1) is 19.1. The summed E-state index contributed by atoms with van der Waals surface area (Å²) in [5.41, 5.74) is 1.98. The average Bonchev–Trinajstić information content (AvgIpc) is 3.23. The van der Waals surface area contributed by atoms with Crippen molar-refractivity contribution in [3.63, 3.8) is 0 Å². The quantitative estimate of drug-likeness (QED) is 0.611. The fourth-order valence-electron chi connectivity index (χ4n) is 2.66. The van der Waals surface area contributed by atoms with E-state index in [1.165, 1.54) is 11.3 Å². The molecule has 0 aliphatic heterocycles. The Morgan fingerprint density at radius 3 is 2.52 bits per heavy atom. The first-order chi connectivity index (χ1) is 13.1. The summed E-state index contributed by atoms with van der Waals surface area (Å²) in [6.45, 7) is 3.04. The van der Waals surface area contributed by atoms with E-state index in [0.29, 0.717) is 34.2 Å². The van der Waals surface area contributed by atoms with Crippen LogP contribution >= 0.6 is 22.9 Å². The lowest BCUT2D eigenvalue weighted by atomic mass is 10.1. The number of carbonyl (C=O) groups excluding carboxylic acids is 2. The number of thiophene rings is 1. The highest BCUT2D eigenvalue weighted by Gasteiger charge is 2.17. The van der Waals surface area contributed by atoms with E-state index in [-0.39, 0.29) is 11.8 Å². The fourth-order valence-corrected chi connectivity index (χ4v) is 3.44. The lowest BCUT2D eigenvalue weighted by Crippen LogP contribution is -2.30. The Hall–Kier alpha value is -2.63. The number of hydrogen-bond donors (Lipinski definition) is 1. The van der Waals surface area contributed by atoms with Gasteiger partial charge < -0.3 is 10.2 Å². The summed E-state index contributed by atoms with van der Waals surface area (Å²) in [5, 5.41) is 5.01. The molecule has 0 saturated heterocycles. The molecule has 2 amide bonds. The van der Waals surface area contributed by atoms with Gasteiger partial charge in [0.1, 0.15) is 0 Å². The summed E-state index contributed by atoms with van der Waals surface area (Å²) >= 11 is 7.56. The van der Waals surface area contributed by atoms with Gasteiger partial charge in [-0.05, 0) is 42.1 Å². The maximum Gasteiger partial charge on any atom is 0.265 e. The van der Waals surface area contributed by atoms with E-state index >= 15 is 0 Å². The van der Waals surface area contributed by atoms with Crippen molar-refractivity contribution in [2.45, 2.75) is 13.5 Å². The third-order valence-electron chi connectivity index (χ3n) is 4.09. The number of halogens is 1. The molecule has 0 unspecified atom stereocenters. The molecule has 0 radical (unpaired) electrons. The summed E-state index contributed by atoms with van der Waals surface area (Å²) in [4.78, 5) is 27.6. The van der Waals surface area contributed by atoms with Crippen molar-refractivity contribution in [2.24, 2.45) is 0 Å². The number of benzene rings is 2. The topological polar surface area (TPSA) is 49.4 Å². The van der Waals surface area contributed by atoms with Gasteiger partial charge in [0.2, 0.25) is 0 Å². The second kappa shape index (κ2) is 8.84. The van der Waals surface area contributed by atoms with Gasteiger partial charge in [-0.3, -0.25) is 9.59 Å². The van der Waals surface area contributed by atoms with Crippen molar-refractivity contribution in [1.82, 2.24) is 4.90 Å². The van der Waals surface area contributed by atoms with E-state index in [1.807, 2.05) is 48.7 Å². The summed E-state index contributed by atoms with van der Waals surface area (Å²) < 4.78 is 0. The third kappa shape index (κ3) is 4.76. The first-order valence-corrected chi connectivity index (χ1v) is 9.82. The molecule has 4 nitrogen and oxygen atoms in total. The molecule has 138 valence electrons. The summed E-state index contributed by atoms with van der Waals surface area (Å²) in [5.74, 6) is -0.349. The number of carbonyl (C=O) groups is 2. The molecule has 0 fully saturated rings. The van der Waals surface area contributed by atoms with Crippen LogP contribution in [0.4, 0.5) is 5.69 Å². The number of rotatable bonds is 6. The standard InChI is InChI=1S/C21H19ClN2O2S/c1-2-24(14-15-7-4-3-5-8-15)21(26)16-10-11-17(22)18(13-16)23-20(25)19-9-6-12-27-19/h3-13H,2,14H2,1H3,(H,23,25).